The Morgan fingerprint density at radius 2 is 2.36 bits per heavy atom. The smallest absolute Gasteiger partial charge is 0.0702 e. The predicted molar refractivity (Wildman–Crippen MR) is 46.2 cm³/mol. The molecule has 4 heteroatoms. The average molecular weight is 182 g/mol. The fraction of sp³-hybridized carbons (Fsp3) is 1.00. The van der Waals surface area contributed by atoms with Gasteiger partial charge in [0.2, 0.25) is 0 Å². The van der Waals surface area contributed by atoms with Crippen LogP contribution in [-0.4, -0.2) is 37.5 Å². The lowest BCUT2D eigenvalue weighted by Crippen LogP contribution is -2.35. The first kappa shape index (κ1) is 11.2. The molecule has 0 aromatic heterocycles. The van der Waals surface area contributed by atoms with Crippen molar-refractivity contribution < 1.29 is 9.84 Å². The van der Waals surface area contributed by atoms with Crippen LogP contribution >= 0.6 is 12.4 Å². The first-order valence-electron chi connectivity index (χ1n) is 3.86. The SMILES string of the molecule is Cl.OCCOC1CCCNC1. The molecule has 0 aliphatic carbocycles. The van der Waals surface area contributed by atoms with Crippen LogP contribution in [0.5, 0.6) is 0 Å². The molecule has 3 nitrogen and oxygen atoms in total. The number of piperidine rings is 1. The highest BCUT2D eigenvalue weighted by molar-refractivity contribution is 5.85. The molecule has 0 spiro atoms. The summed E-state index contributed by atoms with van der Waals surface area (Å²) in [6, 6.07) is 0. The van der Waals surface area contributed by atoms with Crippen molar-refractivity contribution in [3.63, 3.8) is 0 Å². The standard InChI is InChI=1S/C7H15NO2.ClH/c9-4-5-10-7-2-1-3-8-6-7;/h7-9H,1-6H2;1H. The zero-order valence-corrected chi connectivity index (χ0v) is 7.40. The quantitative estimate of drug-likeness (QED) is 0.653. The minimum Gasteiger partial charge on any atom is -0.394 e. The maximum absolute atomic E-state index is 8.45. The highest BCUT2D eigenvalue weighted by Crippen LogP contribution is 2.04. The van der Waals surface area contributed by atoms with Crippen LogP contribution in [0.1, 0.15) is 12.8 Å². The lowest BCUT2D eigenvalue weighted by molar-refractivity contribution is 0.0161. The molecular weight excluding hydrogens is 166 g/mol. The van der Waals surface area contributed by atoms with Gasteiger partial charge in [-0.2, -0.15) is 0 Å². The summed E-state index contributed by atoms with van der Waals surface area (Å²) in [6.07, 6.45) is 2.66. The molecule has 0 aromatic carbocycles. The zero-order valence-electron chi connectivity index (χ0n) is 6.58. The zero-order chi connectivity index (χ0) is 7.23. The van der Waals surface area contributed by atoms with Crippen molar-refractivity contribution in [1.29, 1.82) is 0 Å². The summed E-state index contributed by atoms with van der Waals surface area (Å²) in [5, 5.41) is 11.7. The van der Waals surface area contributed by atoms with Crippen molar-refractivity contribution in [3.8, 4) is 0 Å². The Labute approximate surface area is 73.5 Å². The Hall–Kier alpha value is 0.170. The summed E-state index contributed by atoms with van der Waals surface area (Å²) in [6.45, 7) is 2.67. The Kier molecular flexibility index (Phi) is 6.96. The maximum Gasteiger partial charge on any atom is 0.0702 e. The lowest BCUT2D eigenvalue weighted by Gasteiger charge is -2.22. The van der Waals surface area contributed by atoms with Crippen LogP contribution in [0.3, 0.4) is 0 Å². The third-order valence-electron chi connectivity index (χ3n) is 1.70. The van der Waals surface area contributed by atoms with Crippen LogP contribution in [0, 0.1) is 0 Å². The molecule has 1 aliphatic rings. The van der Waals surface area contributed by atoms with Crippen molar-refractivity contribution in [2.75, 3.05) is 26.3 Å². The molecule has 1 unspecified atom stereocenters. The first-order valence-corrected chi connectivity index (χ1v) is 3.86. The van der Waals surface area contributed by atoms with Crippen molar-refractivity contribution >= 4 is 12.4 Å². The van der Waals surface area contributed by atoms with Crippen LogP contribution in [0.25, 0.3) is 0 Å². The van der Waals surface area contributed by atoms with Gasteiger partial charge in [-0.15, -0.1) is 12.4 Å². The molecule has 0 aromatic rings. The minimum absolute atomic E-state index is 0. The fourth-order valence-corrected chi connectivity index (χ4v) is 1.18. The Morgan fingerprint density at radius 1 is 1.55 bits per heavy atom. The van der Waals surface area contributed by atoms with E-state index in [0.717, 1.165) is 19.5 Å². The van der Waals surface area contributed by atoms with E-state index >= 15 is 0 Å². The number of aliphatic hydroxyl groups is 1. The fourth-order valence-electron chi connectivity index (χ4n) is 1.18. The van der Waals surface area contributed by atoms with E-state index in [1.54, 1.807) is 0 Å². The van der Waals surface area contributed by atoms with Gasteiger partial charge >= 0.3 is 0 Å². The molecular formula is C7H16ClNO2. The number of hydrogen-bond acceptors (Lipinski definition) is 3. The number of rotatable bonds is 3. The van der Waals surface area contributed by atoms with Gasteiger partial charge in [-0.3, -0.25) is 0 Å². The van der Waals surface area contributed by atoms with Crippen molar-refractivity contribution in [2.45, 2.75) is 18.9 Å². The summed E-state index contributed by atoms with van der Waals surface area (Å²) in [7, 11) is 0. The predicted octanol–water partition coefficient (Wildman–Crippen LogP) is 0.169. The molecule has 0 radical (unpaired) electrons. The van der Waals surface area contributed by atoms with E-state index in [1.165, 1.54) is 6.42 Å². The van der Waals surface area contributed by atoms with Crippen molar-refractivity contribution in [2.24, 2.45) is 0 Å². The van der Waals surface area contributed by atoms with Crippen LogP contribution < -0.4 is 5.32 Å². The monoisotopic (exact) mass is 181 g/mol. The number of halogens is 1. The molecule has 1 saturated heterocycles. The number of hydrogen-bond donors (Lipinski definition) is 2. The minimum atomic E-state index is 0. The van der Waals surface area contributed by atoms with E-state index in [4.69, 9.17) is 9.84 Å². The molecule has 68 valence electrons. The van der Waals surface area contributed by atoms with E-state index in [0.29, 0.717) is 12.7 Å². The van der Waals surface area contributed by atoms with Crippen LogP contribution in [-0.2, 0) is 4.74 Å². The number of nitrogens with one attached hydrogen (secondary N) is 1. The summed E-state index contributed by atoms with van der Waals surface area (Å²) in [4.78, 5) is 0. The normalized spacial score (nSPS) is 24.3. The number of aliphatic hydroxyl groups excluding tert-OH is 1. The topological polar surface area (TPSA) is 41.5 Å². The van der Waals surface area contributed by atoms with Gasteiger partial charge in [0.15, 0.2) is 0 Å². The second kappa shape index (κ2) is 6.85. The van der Waals surface area contributed by atoms with Crippen molar-refractivity contribution in [1.82, 2.24) is 5.32 Å². The van der Waals surface area contributed by atoms with E-state index in [9.17, 15) is 0 Å². The van der Waals surface area contributed by atoms with E-state index < -0.39 is 0 Å². The molecule has 1 rings (SSSR count). The third kappa shape index (κ3) is 4.58. The van der Waals surface area contributed by atoms with Gasteiger partial charge in [0.05, 0.1) is 19.3 Å². The van der Waals surface area contributed by atoms with Gasteiger partial charge in [-0.1, -0.05) is 0 Å². The highest BCUT2D eigenvalue weighted by atomic mass is 35.5. The largest absolute Gasteiger partial charge is 0.394 e. The van der Waals surface area contributed by atoms with Gasteiger partial charge in [0.25, 0.3) is 0 Å². The Bertz CT molecular complexity index is 86.5. The molecule has 1 fully saturated rings. The Morgan fingerprint density at radius 3 is 2.91 bits per heavy atom. The molecule has 0 saturated carbocycles. The van der Waals surface area contributed by atoms with E-state index in [-0.39, 0.29) is 19.0 Å². The van der Waals surface area contributed by atoms with Gasteiger partial charge < -0.3 is 15.2 Å². The number of ether oxygens (including phenoxy) is 1. The van der Waals surface area contributed by atoms with E-state index in [2.05, 4.69) is 5.32 Å². The summed E-state index contributed by atoms with van der Waals surface area (Å²) in [5.74, 6) is 0. The lowest BCUT2D eigenvalue weighted by atomic mass is 10.1. The molecule has 0 bridgehead atoms. The summed E-state index contributed by atoms with van der Waals surface area (Å²) < 4.78 is 5.32. The summed E-state index contributed by atoms with van der Waals surface area (Å²) in [5.41, 5.74) is 0. The third-order valence-corrected chi connectivity index (χ3v) is 1.70. The molecule has 1 atom stereocenters. The second-order valence-electron chi connectivity index (χ2n) is 2.56. The molecule has 1 aliphatic heterocycles. The maximum atomic E-state index is 8.45. The van der Waals surface area contributed by atoms with Crippen LogP contribution in [0.15, 0.2) is 0 Å². The Balaban J connectivity index is 0.000001000. The highest BCUT2D eigenvalue weighted by Gasteiger charge is 2.11. The molecule has 1 heterocycles. The summed E-state index contributed by atoms with van der Waals surface area (Å²) >= 11 is 0. The molecule has 11 heavy (non-hydrogen) atoms. The average Bonchev–Trinajstić information content (AvgIpc) is 2.03. The second-order valence-corrected chi connectivity index (χ2v) is 2.56. The van der Waals surface area contributed by atoms with Crippen molar-refractivity contribution in [3.05, 3.63) is 0 Å². The van der Waals surface area contributed by atoms with Crippen LogP contribution in [0.4, 0.5) is 0 Å². The molecule has 0 amide bonds. The van der Waals surface area contributed by atoms with Gasteiger partial charge in [0, 0.05) is 6.54 Å². The van der Waals surface area contributed by atoms with E-state index in [1.807, 2.05) is 0 Å². The van der Waals surface area contributed by atoms with Crippen LogP contribution in [0.2, 0.25) is 0 Å². The first-order chi connectivity index (χ1) is 4.93. The molecule has 2 N–H and O–H groups in total. The van der Waals surface area contributed by atoms with Gasteiger partial charge in [-0.25, -0.2) is 0 Å². The van der Waals surface area contributed by atoms with Gasteiger partial charge in [-0.05, 0) is 19.4 Å². The van der Waals surface area contributed by atoms with Gasteiger partial charge in [0.1, 0.15) is 0 Å².